The van der Waals surface area contributed by atoms with Crippen LogP contribution in [0.4, 0.5) is 5.69 Å². The van der Waals surface area contributed by atoms with Gasteiger partial charge < -0.3 is 10.1 Å². The third-order valence-electron chi connectivity index (χ3n) is 3.90. The first-order valence-corrected chi connectivity index (χ1v) is 10.7. The molecule has 2 N–H and O–H groups in total. The van der Waals surface area contributed by atoms with Gasteiger partial charge in [-0.3, -0.25) is 4.79 Å². The Balaban J connectivity index is 1.49. The largest absolute Gasteiger partial charge is 0.456 e. The van der Waals surface area contributed by atoms with Crippen LogP contribution in [0.3, 0.4) is 0 Å². The number of ether oxygens (including phenoxy) is 1. The molecule has 0 aromatic heterocycles. The first kappa shape index (κ1) is 20.9. The molecule has 0 heterocycles. The molecule has 0 bridgehead atoms. The minimum absolute atomic E-state index is 0.00321. The summed E-state index contributed by atoms with van der Waals surface area (Å²) in [6.07, 6.45) is 0.00391. The predicted molar refractivity (Wildman–Crippen MR) is 113 cm³/mol. The highest BCUT2D eigenvalue weighted by Crippen LogP contribution is 2.29. The van der Waals surface area contributed by atoms with E-state index in [2.05, 4.69) is 10.0 Å². The fourth-order valence-corrected chi connectivity index (χ4v) is 3.69. The van der Waals surface area contributed by atoms with E-state index < -0.39 is 10.0 Å². The van der Waals surface area contributed by atoms with E-state index in [9.17, 15) is 13.2 Å². The fraction of sp³-hybridized carbons (Fsp3) is 0.0952. The standard InChI is InChI=1S/C21H19ClN2O4S/c22-19-8-4-5-9-20(19)28-17-12-10-16(11-13-17)24-21(25)14-15-23-29(26,27)18-6-2-1-3-7-18/h1-13,23H,14-15H2,(H,24,25). The molecule has 8 heteroatoms. The molecule has 0 fully saturated rings. The Bertz CT molecular complexity index is 1070. The first-order valence-electron chi connectivity index (χ1n) is 8.81. The normalized spacial score (nSPS) is 11.1. The third kappa shape index (κ3) is 6.05. The van der Waals surface area contributed by atoms with E-state index in [4.69, 9.17) is 16.3 Å². The predicted octanol–water partition coefficient (Wildman–Crippen LogP) is 4.44. The molecule has 3 aromatic rings. The van der Waals surface area contributed by atoms with Crippen molar-refractivity contribution in [3.8, 4) is 11.5 Å². The van der Waals surface area contributed by atoms with E-state index in [1.807, 2.05) is 12.1 Å². The van der Waals surface area contributed by atoms with Crippen molar-refractivity contribution in [3.05, 3.63) is 83.9 Å². The SMILES string of the molecule is O=C(CCNS(=O)(=O)c1ccccc1)Nc1ccc(Oc2ccccc2Cl)cc1. The van der Waals surface area contributed by atoms with Gasteiger partial charge in [-0.25, -0.2) is 13.1 Å². The van der Waals surface area contributed by atoms with Gasteiger partial charge in [0.05, 0.1) is 9.92 Å². The number of hydrogen-bond donors (Lipinski definition) is 2. The van der Waals surface area contributed by atoms with Crippen LogP contribution in [0.25, 0.3) is 0 Å². The molecule has 0 aliphatic carbocycles. The summed E-state index contributed by atoms with van der Waals surface area (Å²) in [5.41, 5.74) is 0.576. The zero-order chi connectivity index (χ0) is 20.7. The summed E-state index contributed by atoms with van der Waals surface area (Å²) in [6, 6.07) is 21.9. The molecule has 0 aliphatic heterocycles. The average Bonchev–Trinajstić information content (AvgIpc) is 2.72. The lowest BCUT2D eigenvalue weighted by atomic mass is 10.3. The van der Waals surface area contributed by atoms with Gasteiger partial charge in [-0.05, 0) is 48.5 Å². The zero-order valence-corrected chi connectivity index (χ0v) is 16.9. The number of benzene rings is 3. The van der Waals surface area contributed by atoms with Crippen LogP contribution in [0.15, 0.2) is 83.8 Å². The highest BCUT2D eigenvalue weighted by atomic mass is 35.5. The van der Waals surface area contributed by atoms with Gasteiger partial charge in [0.25, 0.3) is 0 Å². The second-order valence-electron chi connectivity index (χ2n) is 6.07. The molecule has 0 saturated carbocycles. The topological polar surface area (TPSA) is 84.5 Å². The summed E-state index contributed by atoms with van der Waals surface area (Å²) in [5.74, 6) is 0.809. The molecule has 0 aliphatic rings. The smallest absolute Gasteiger partial charge is 0.240 e. The Kier molecular flexibility index (Phi) is 6.87. The maximum absolute atomic E-state index is 12.1. The molecular weight excluding hydrogens is 412 g/mol. The van der Waals surface area contributed by atoms with E-state index in [1.165, 1.54) is 12.1 Å². The Morgan fingerprint density at radius 1 is 0.897 bits per heavy atom. The second-order valence-corrected chi connectivity index (χ2v) is 8.24. The van der Waals surface area contributed by atoms with Crippen molar-refractivity contribution < 1.29 is 17.9 Å². The summed E-state index contributed by atoms with van der Waals surface area (Å²) in [6.45, 7) is -0.00321. The molecular formula is C21H19ClN2O4S. The lowest BCUT2D eigenvalue weighted by molar-refractivity contribution is -0.116. The minimum atomic E-state index is -3.63. The molecule has 0 atom stereocenters. The highest BCUT2D eigenvalue weighted by molar-refractivity contribution is 7.89. The fourth-order valence-electron chi connectivity index (χ4n) is 2.47. The van der Waals surface area contributed by atoms with Gasteiger partial charge >= 0.3 is 0 Å². The van der Waals surface area contributed by atoms with Crippen LogP contribution in [0.1, 0.15) is 6.42 Å². The van der Waals surface area contributed by atoms with Crippen molar-refractivity contribution in [1.82, 2.24) is 4.72 Å². The number of para-hydroxylation sites is 1. The van der Waals surface area contributed by atoms with Crippen LogP contribution in [0, 0.1) is 0 Å². The number of carbonyl (C=O) groups is 1. The van der Waals surface area contributed by atoms with Gasteiger partial charge in [-0.15, -0.1) is 0 Å². The summed E-state index contributed by atoms with van der Waals surface area (Å²) >= 11 is 6.06. The number of amides is 1. The minimum Gasteiger partial charge on any atom is -0.456 e. The number of halogens is 1. The van der Waals surface area contributed by atoms with Gasteiger partial charge in [0.1, 0.15) is 11.5 Å². The van der Waals surface area contributed by atoms with E-state index >= 15 is 0 Å². The van der Waals surface area contributed by atoms with Crippen molar-refractivity contribution in [2.75, 3.05) is 11.9 Å². The number of hydrogen-bond acceptors (Lipinski definition) is 4. The Morgan fingerprint density at radius 2 is 1.55 bits per heavy atom. The van der Waals surface area contributed by atoms with E-state index in [1.54, 1.807) is 54.6 Å². The van der Waals surface area contributed by atoms with Crippen LogP contribution in [-0.2, 0) is 14.8 Å². The molecule has 3 aromatic carbocycles. The monoisotopic (exact) mass is 430 g/mol. The van der Waals surface area contributed by atoms with E-state index in [-0.39, 0.29) is 23.8 Å². The van der Waals surface area contributed by atoms with Crippen LogP contribution in [0.2, 0.25) is 5.02 Å². The summed E-state index contributed by atoms with van der Waals surface area (Å²) in [4.78, 5) is 12.2. The molecule has 29 heavy (non-hydrogen) atoms. The number of rotatable bonds is 8. The van der Waals surface area contributed by atoms with Crippen molar-refractivity contribution in [2.45, 2.75) is 11.3 Å². The lowest BCUT2D eigenvalue weighted by Gasteiger charge is -2.10. The van der Waals surface area contributed by atoms with Gasteiger partial charge in [0.2, 0.25) is 15.9 Å². The quantitative estimate of drug-likeness (QED) is 0.553. The molecule has 0 unspecified atom stereocenters. The van der Waals surface area contributed by atoms with Crippen molar-refractivity contribution in [1.29, 1.82) is 0 Å². The molecule has 1 amide bonds. The number of anilines is 1. The lowest BCUT2D eigenvalue weighted by Crippen LogP contribution is -2.27. The highest BCUT2D eigenvalue weighted by Gasteiger charge is 2.13. The second kappa shape index (κ2) is 9.56. The van der Waals surface area contributed by atoms with Gasteiger partial charge in [0.15, 0.2) is 0 Å². The van der Waals surface area contributed by atoms with E-state index in [0.717, 1.165) is 0 Å². The van der Waals surface area contributed by atoms with Gasteiger partial charge in [-0.2, -0.15) is 0 Å². The summed E-state index contributed by atoms with van der Waals surface area (Å²) in [5, 5.41) is 3.22. The molecule has 6 nitrogen and oxygen atoms in total. The first-order chi connectivity index (χ1) is 13.9. The molecule has 150 valence electrons. The molecule has 0 spiro atoms. The molecule has 3 rings (SSSR count). The number of nitrogens with one attached hydrogen (secondary N) is 2. The van der Waals surface area contributed by atoms with Gasteiger partial charge in [-0.1, -0.05) is 41.9 Å². The summed E-state index contributed by atoms with van der Waals surface area (Å²) < 4.78 is 32.3. The Hall–Kier alpha value is -2.87. The maximum Gasteiger partial charge on any atom is 0.240 e. The number of carbonyl (C=O) groups excluding carboxylic acids is 1. The van der Waals surface area contributed by atoms with Crippen molar-refractivity contribution >= 4 is 33.2 Å². The van der Waals surface area contributed by atoms with E-state index in [0.29, 0.717) is 22.2 Å². The Labute approximate surface area is 174 Å². The molecule has 0 radical (unpaired) electrons. The number of sulfonamides is 1. The third-order valence-corrected chi connectivity index (χ3v) is 5.69. The molecule has 0 saturated heterocycles. The van der Waals surface area contributed by atoms with Crippen LogP contribution < -0.4 is 14.8 Å². The Morgan fingerprint density at radius 3 is 2.24 bits per heavy atom. The van der Waals surface area contributed by atoms with Crippen LogP contribution >= 0.6 is 11.6 Å². The average molecular weight is 431 g/mol. The van der Waals surface area contributed by atoms with Crippen LogP contribution in [-0.4, -0.2) is 20.9 Å². The van der Waals surface area contributed by atoms with Gasteiger partial charge in [0, 0.05) is 18.7 Å². The van der Waals surface area contributed by atoms with Crippen LogP contribution in [0.5, 0.6) is 11.5 Å². The van der Waals surface area contributed by atoms with Crippen molar-refractivity contribution in [2.24, 2.45) is 0 Å². The summed E-state index contributed by atoms with van der Waals surface area (Å²) in [7, 11) is -3.63. The maximum atomic E-state index is 12.1. The zero-order valence-electron chi connectivity index (χ0n) is 15.3. The van der Waals surface area contributed by atoms with Crippen molar-refractivity contribution in [3.63, 3.8) is 0 Å².